The zero-order valence-corrected chi connectivity index (χ0v) is 15.5. The van der Waals surface area contributed by atoms with Gasteiger partial charge in [0, 0.05) is 23.2 Å². The highest BCUT2D eigenvalue weighted by molar-refractivity contribution is 6.02. The monoisotopic (exact) mass is 378 g/mol. The molecule has 0 aromatic carbocycles. The Morgan fingerprint density at radius 1 is 1.33 bits per heavy atom. The van der Waals surface area contributed by atoms with Crippen LogP contribution in [0.15, 0.2) is 23.8 Å². The summed E-state index contributed by atoms with van der Waals surface area (Å²) in [5.74, 6) is -2.41. The van der Waals surface area contributed by atoms with Gasteiger partial charge in [0.25, 0.3) is 0 Å². The van der Waals surface area contributed by atoms with Gasteiger partial charge in [-0.25, -0.2) is 8.78 Å². The fourth-order valence-corrected chi connectivity index (χ4v) is 6.62. The van der Waals surface area contributed by atoms with E-state index < -0.39 is 41.0 Å². The number of aliphatic hydroxyl groups is 1. The van der Waals surface area contributed by atoms with Gasteiger partial charge in [-0.1, -0.05) is 19.9 Å². The minimum absolute atomic E-state index is 0.0390. The maximum absolute atomic E-state index is 15.1. The van der Waals surface area contributed by atoms with Crippen LogP contribution in [0.5, 0.6) is 0 Å². The molecule has 3 saturated carbocycles. The van der Waals surface area contributed by atoms with E-state index in [4.69, 9.17) is 0 Å². The summed E-state index contributed by atoms with van der Waals surface area (Å²) in [6.45, 7) is 2.19. The molecule has 4 aliphatic carbocycles. The zero-order chi connectivity index (χ0) is 19.8. The second-order valence-electron chi connectivity index (χ2n) is 9.09. The Morgan fingerprint density at radius 2 is 2.04 bits per heavy atom. The first-order valence-corrected chi connectivity index (χ1v) is 9.52. The van der Waals surface area contributed by atoms with Gasteiger partial charge in [-0.05, 0) is 48.8 Å². The molecular weight excluding hydrogens is 354 g/mol. The zero-order valence-electron chi connectivity index (χ0n) is 15.5. The lowest BCUT2D eigenvalue weighted by Gasteiger charge is -2.57. The Kier molecular flexibility index (Phi) is 3.91. The molecule has 4 nitrogen and oxygen atoms in total. The third-order valence-electron chi connectivity index (χ3n) is 7.97. The molecule has 0 bridgehead atoms. The van der Waals surface area contributed by atoms with Crippen molar-refractivity contribution in [2.24, 2.45) is 28.6 Å². The maximum atomic E-state index is 15.1. The van der Waals surface area contributed by atoms with Gasteiger partial charge in [0.1, 0.15) is 17.6 Å². The van der Waals surface area contributed by atoms with Crippen molar-refractivity contribution in [1.29, 1.82) is 0 Å². The predicted octanol–water partition coefficient (Wildman–Crippen LogP) is 2.69. The van der Waals surface area contributed by atoms with Gasteiger partial charge in [-0.3, -0.25) is 14.4 Å². The van der Waals surface area contributed by atoms with Crippen LogP contribution in [0.2, 0.25) is 0 Å². The van der Waals surface area contributed by atoms with Crippen LogP contribution in [0.25, 0.3) is 0 Å². The third kappa shape index (κ3) is 2.19. The van der Waals surface area contributed by atoms with Crippen molar-refractivity contribution in [3.05, 3.63) is 23.8 Å². The number of carbonyl (C=O) groups excluding carboxylic acids is 3. The molecule has 0 heterocycles. The average Bonchev–Trinajstić information content (AvgIpc) is 2.87. The van der Waals surface area contributed by atoms with Crippen molar-refractivity contribution in [3.63, 3.8) is 0 Å². The average molecular weight is 378 g/mol. The number of halogens is 2. The summed E-state index contributed by atoms with van der Waals surface area (Å²) < 4.78 is 28.2. The first kappa shape index (κ1) is 18.7. The lowest BCUT2D eigenvalue weighted by Crippen LogP contribution is -2.61. The minimum atomic E-state index is -1.88. The van der Waals surface area contributed by atoms with E-state index in [0.717, 1.165) is 0 Å². The van der Waals surface area contributed by atoms with Crippen LogP contribution in [0.4, 0.5) is 8.78 Å². The van der Waals surface area contributed by atoms with Crippen LogP contribution in [0.1, 0.15) is 39.5 Å². The summed E-state index contributed by atoms with van der Waals surface area (Å²) in [4.78, 5) is 37.2. The van der Waals surface area contributed by atoms with E-state index in [1.54, 1.807) is 19.9 Å². The van der Waals surface area contributed by atoms with Crippen LogP contribution in [0, 0.1) is 28.6 Å². The highest BCUT2D eigenvalue weighted by Crippen LogP contribution is 2.66. The molecular formula is C21H24F2O4. The minimum Gasteiger partial charge on any atom is -0.381 e. The lowest BCUT2D eigenvalue weighted by atomic mass is 9.46. The van der Waals surface area contributed by atoms with Gasteiger partial charge in [0.15, 0.2) is 18.2 Å². The van der Waals surface area contributed by atoms with Gasteiger partial charge >= 0.3 is 0 Å². The summed E-state index contributed by atoms with van der Waals surface area (Å²) >= 11 is 0. The SMILES string of the molecule is C[C@]12C=CC(=O)C=C1C(F)C[C@@H]1[C@@H]2C(=O)C[C@@]2(C)[C@H]1CC[C@]2(O)C(=O)CF. The molecule has 3 fully saturated rings. The molecule has 27 heavy (non-hydrogen) atoms. The third-order valence-corrected chi connectivity index (χ3v) is 7.97. The predicted molar refractivity (Wildman–Crippen MR) is 93.2 cm³/mol. The Labute approximate surface area is 156 Å². The number of alkyl halides is 2. The van der Waals surface area contributed by atoms with Crippen LogP contribution in [-0.4, -0.2) is 40.9 Å². The number of fused-ring (bicyclic) bond motifs is 5. The maximum Gasteiger partial charge on any atom is 0.195 e. The van der Waals surface area contributed by atoms with Gasteiger partial charge in [0.05, 0.1) is 0 Å². The second-order valence-corrected chi connectivity index (χ2v) is 9.09. The number of carbonyl (C=O) groups is 3. The molecule has 1 unspecified atom stereocenters. The highest BCUT2D eigenvalue weighted by atomic mass is 19.1. The van der Waals surface area contributed by atoms with Crippen molar-refractivity contribution in [2.75, 3.05) is 6.67 Å². The summed E-state index contributed by atoms with van der Waals surface area (Å²) in [5.41, 5.74) is -3.49. The molecule has 0 spiro atoms. The number of hydrogen-bond donors (Lipinski definition) is 1. The van der Waals surface area contributed by atoms with Crippen LogP contribution in [-0.2, 0) is 14.4 Å². The Bertz CT molecular complexity index is 802. The molecule has 7 atom stereocenters. The van der Waals surface area contributed by atoms with Gasteiger partial charge < -0.3 is 5.11 Å². The smallest absolute Gasteiger partial charge is 0.195 e. The highest BCUT2D eigenvalue weighted by Gasteiger charge is 2.69. The first-order chi connectivity index (χ1) is 12.6. The molecule has 4 aliphatic rings. The Hall–Kier alpha value is -1.69. The van der Waals surface area contributed by atoms with E-state index in [1.165, 1.54) is 12.2 Å². The standard InChI is InChI=1S/C21H24F2O4/c1-19-5-3-11(24)7-14(19)15(23)8-12-13-4-6-21(27,17(26)10-22)20(13,2)9-16(25)18(12)19/h3,5,7,12-13,15,18,27H,4,6,8-10H2,1-2H3/t12-,13-,15?,18+,19-,20-,21-/m0/s1. The van der Waals surface area contributed by atoms with E-state index in [2.05, 4.69) is 0 Å². The molecule has 0 saturated heterocycles. The van der Waals surface area contributed by atoms with E-state index in [-0.39, 0.29) is 42.7 Å². The van der Waals surface area contributed by atoms with Crippen molar-refractivity contribution in [1.82, 2.24) is 0 Å². The van der Waals surface area contributed by atoms with Crippen molar-refractivity contribution in [3.8, 4) is 0 Å². The number of Topliss-reactive ketones (excluding diaryl/α,β-unsaturated/α-hetero) is 2. The molecule has 0 aromatic rings. The largest absolute Gasteiger partial charge is 0.381 e. The van der Waals surface area contributed by atoms with Crippen LogP contribution in [0.3, 0.4) is 0 Å². The van der Waals surface area contributed by atoms with Crippen molar-refractivity contribution < 1.29 is 28.3 Å². The van der Waals surface area contributed by atoms with Gasteiger partial charge in [0.2, 0.25) is 0 Å². The van der Waals surface area contributed by atoms with Gasteiger partial charge in [-0.2, -0.15) is 0 Å². The fraction of sp³-hybridized carbons (Fsp3) is 0.667. The summed E-state index contributed by atoms with van der Waals surface area (Å²) in [6, 6.07) is 0. The number of rotatable bonds is 2. The number of ketones is 3. The quantitative estimate of drug-likeness (QED) is 0.802. The van der Waals surface area contributed by atoms with E-state index in [1.807, 2.05) is 0 Å². The summed E-state index contributed by atoms with van der Waals surface area (Å²) in [6.07, 6.45) is 3.57. The molecule has 6 heteroatoms. The normalized spacial score (nSPS) is 48.6. The van der Waals surface area contributed by atoms with E-state index in [9.17, 15) is 23.9 Å². The Balaban J connectivity index is 1.79. The summed E-state index contributed by atoms with van der Waals surface area (Å²) in [7, 11) is 0. The number of hydrogen-bond acceptors (Lipinski definition) is 4. The van der Waals surface area contributed by atoms with Crippen molar-refractivity contribution >= 4 is 17.3 Å². The lowest BCUT2D eigenvalue weighted by molar-refractivity contribution is -0.168. The Morgan fingerprint density at radius 3 is 2.70 bits per heavy atom. The van der Waals surface area contributed by atoms with Crippen LogP contribution >= 0.6 is 0 Å². The molecule has 0 amide bonds. The molecule has 146 valence electrons. The van der Waals surface area contributed by atoms with Gasteiger partial charge in [-0.15, -0.1) is 0 Å². The van der Waals surface area contributed by atoms with E-state index >= 15 is 4.39 Å². The summed E-state index contributed by atoms with van der Waals surface area (Å²) in [5, 5.41) is 11.0. The van der Waals surface area contributed by atoms with Crippen molar-refractivity contribution in [2.45, 2.75) is 51.3 Å². The molecule has 0 radical (unpaired) electrons. The molecule has 1 N–H and O–H groups in total. The number of allylic oxidation sites excluding steroid dienone is 4. The molecule has 0 aromatic heterocycles. The second kappa shape index (κ2) is 5.66. The first-order valence-electron chi connectivity index (χ1n) is 9.52. The van der Waals surface area contributed by atoms with E-state index in [0.29, 0.717) is 12.0 Å². The van der Waals surface area contributed by atoms with Crippen LogP contribution < -0.4 is 0 Å². The molecule has 4 rings (SSSR count). The molecule has 0 aliphatic heterocycles. The topological polar surface area (TPSA) is 71.4 Å². The fourth-order valence-electron chi connectivity index (χ4n) is 6.62.